The number of carbonyl (C=O) groups is 1. The Hall–Kier alpha value is -2.70. The molecule has 2 aliphatic heterocycles. The van der Waals surface area contributed by atoms with Crippen molar-refractivity contribution in [3.63, 3.8) is 0 Å². The van der Waals surface area contributed by atoms with Crippen molar-refractivity contribution in [3.05, 3.63) is 42.4 Å². The molecule has 29 heavy (non-hydrogen) atoms. The maximum atomic E-state index is 12.5. The van der Waals surface area contributed by atoms with Gasteiger partial charge in [-0.3, -0.25) is 9.78 Å². The van der Waals surface area contributed by atoms with Crippen molar-refractivity contribution in [2.75, 3.05) is 50.1 Å². The summed E-state index contributed by atoms with van der Waals surface area (Å²) in [6.45, 7) is 3.51. The van der Waals surface area contributed by atoms with Crippen LogP contribution in [0.2, 0.25) is 0 Å². The van der Waals surface area contributed by atoms with Gasteiger partial charge >= 0.3 is 0 Å². The van der Waals surface area contributed by atoms with Crippen LogP contribution in [0, 0.1) is 5.41 Å². The fraction of sp³-hybridized carbons (Fsp3) is 0.545. The Morgan fingerprint density at radius 1 is 1.07 bits per heavy atom. The van der Waals surface area contributed by atoms with Crippen LogP contribution in [0.5, 0.6) is 0 Å². The zero-order chi connectivity index (χ0) is 20.3. The lowest BCUT2D eigenvalue weighted by molar-refractivity contribution is -0.138. The van der Waals surface area contributed by atoms with Crippen LogP contribution >= 0.6 is 0 Å². The third-order valence-corrected chi connectivity index (χ3v) is 6.31. The zero-order valence-corrected chi connectivity index (χ0v) is 17.4. The lowest BCUT2D eigenvalue weighted by Gasteiger charge is -2.47. The second-order valence-electron chi connectivity index (χ2n) is 8.48. The van der Waals surface area contributed by atoms with E-state index in [4.69, 9.17) is 0 Å². The Labute approximate surface area is 172 Å². The smallest absolute Gasteiger partial charge is 0.227 e. The second-order valence-corrected chi connectivity index (χ2v) is 8.48. The minimum Gasteiger partial charge on any atom is -0.363 e. The van der Waals surface area contributed by atoms with Gasteiger partial charge in [0.15, 0.2) is 0 Å². The summed E-state index contributed by atoms with van der Waals surface area (Å²) >= 11 is 0. The number of likely N-dealkylation sites (tertiary alicyclic amines) is 1. The van der Waals surface area contributed by atoms with Crippen molar-refractivity contribution in [2.24, 2.45) is 5.41 Å². The summed E-state index contributed by atoms with van der Waals surface area (Å²) in [7, 11) is 3.99. The largest absolute Gasteiger partial charge is 0.363 e. The lowest BCUT2D eigenvalue weighted by atomic mass is 9.72. The molecule has 7 heteroatoms. The summed E-state index contributed by atoms with van der Waals surface area (Å²) in [5.41, 5.74) is 1.28. The average Bonchev–Trinajstić information content (AvgIpc) is 2.76. The van der Waals surface area contributed by atoms with Gasteiger partial charge in [0.25, 0.3) is 0 Å². The van der Waals surface area contributed by atoms with Crippen molar-refractivity contribution in [3.8, 4) is 0 Å². The third kappa shape index (κ3) is 4.49. The number of rotatable bonds is 5. The van der Waals surface area contributed by atoms with Gasteiger partial charge < -0.3 is 14.7 Å². The second kappa shape index (κ2) is 8.35. The molecule has 2 aromatic heterocycles. The summed E-state index contributed by atoms with van der Waals surface area (Å²) in [6.07, 6.45) is 8.29. The van der Waals surface area contributed by atoms with Gasteiger partial charge in [-0.15, -0.1) is 0 Å². The van der Waals surface area contributed by atoms with E-state index in [-0.39, 0.29) is 11.3 Å². The van der Waals surface area contributed by atoms with E-state index >= 15 is 0 Å². The Bertz CT molecular complexity index is 832. The molecule has 0 unspecified atom stereocenters. The molecule has 154 valence electrons. The van der Waals surface area contributed by atoms with Crippen LogP contribution in [0.15, 0.2) is 36.7 Å². The van der Waals surface area contributed by atoms with Crippen LogP contribution in [0.4, 0.5) is 11.8 Å². The van der Waals surface area contributed by atoms with Gasteiger partial charge in [-0.1, -0.05) is 6.07 Å². The first-order chi connectivity index (χ1) is 14.0. The summed E-state index contributed by atoms with van der Waals surface area (Å²) in [5, 5.41) is 0. The molecule has 0 atom stereocenters. The number of piperidine rings is 2. The quantitative estimate of drug-likeness (QED) is 0.776. The zero-order valence-electron chi connectivity index (χ0n) is 17.4. The fourth-order valence-corrected chi connectivity index (χ4v) is 4.43. The van der Waals surface area contributed by atoms with Crippen LogP contribution in [0.3, 0.4) is 0 Å². The van der Waals surface area contributed by atoms with Crippen LogP contribution in [-0.2, 0) is 11.2 Å². The van der Waals surface area contributed by atoms with E-state index in [1.54, 1.807) is 0 Å². The number of aromatic nitrogens is 3. The van der Waals surface area contributed by atoms with Gasteiger partial charge in [-0.25, -0.2) is 4.98 Å². The molecule has 1 amide bonds. The van der Waals surface area contributed by atoms with Gasteiger partial charge in [0.05, 0.1) is 0 Å². The first kappa shape index (κ1) is 19.6. The van der Waals surface area contributed by atoms with E-state index in [0.29, 0.717) is 6.42 Å². The first-order valence-electron chi connectivity index (χ1n) is 10.5. The maximum Gasteiger partial charge on any atom is 0.227 e. The third-order valence-electron chi connectivity index (χ3n) is 6.31. The highest BCUT2D eigenvalue weighted by molar-refractivity contribution is 5.77. The minimum absolute atomic E-state index is 0.230. The molecule has 4 rings (SSSR count). The maximum absolute atomic E-state index is 12.5. The molecule has 2 aromatic rings. The summed E-state index contributed by atoms with van der Waals surface area (Å²) in [6, 6.07) is 7.90. The van der Waals surface area contributed by atoms with Crippen LogP contribution in [0.1, 0.15) is 31.4 Å². The van der Waals surface area contributed by atoms with Crippen LogP contribution in [-0.4, -0.2) is 66.0 Å². The highest BCUT2D eigenvalue weighted by atomic mass is 16.2. The first-order valence-corrected chi connectivity index (χ1v) is 10.5. The predicted molar refractivity (Wildman–Crippen MR) is 114 cm³/mol. The highest BCUT2D eigenvalue weighted by Gasteiger charge is 2.41. The fourth-order valence-electron chi connectivity index (χ4n) is 4.43. The van der Waals surface area contributed by atoms with Crippen molar-refractivity contribution < 1.29 is 4.79 Å². The number of nitrogens with zero attached hydrogens (tertiary/aromatic N) is 6. The molecular weight excluding hydrogens is 364 g/mol. The average molecular weight is 395 g/mol. The summed E-state index contributed by atoms with van der Waals surface area (Å²) in [4.78, 5) is 32.4. The number of anilines is 2. The van der Waals surface area contributed by atoms with Crippen molar-refractivity contribution in [1.82, 2.24) is 19.9 Å². The summed E-state index contributed by atoms with van der Waals surface area (Å²) in [5.74, 6) is 2.03. The van der Waals surface area contributed by atoms with Crippen molar-refractivity contribution >= 4 is 17.7 Å². The minimum atomic E-state index is 0.230. The molecule has 7 nitrogen and oxygen atoms in total. The Kier molecular flexibility index (Phi) is 5.65. The number of pyridine rings is 1. The molecule has 2 aliphatic rings. The molecule has 4 heterocycles. The number of hydrogen-bond acceptors (Lipinski definition) is 6. The molecule has 0 aromatic carbocycles. The highest BCUT2D eigenvalue weighted by Crippen LogP contribution is 2.40. The topological polar surface area (TPSA) is 65.5 Å². The number of amides is 1. The van der Waals surface area contributed by atoms with E-state index in [9.17, 15) is 4.79 Å². The lowest BCUT2D eigenvalue weighted by Crippen LogP contribution is -2.52. The predicted octanol–water partition coefficient (Wildman–Crippen LogP) is 2.39. The van der Waals surface area contributed by atoms with E-state index in [1.807, 2.05) is 55.7 Å². The van der Waals surface area contributed by atoms with E-state index in [0.717, 1.165) is 69.3 Å². The van der Waals surface area contributed by atoms with Crippen molar-refractivity contribution in [1.29, 1.82) is 0 Å². The van der Waals surface area contributed by atoms with Crippen LogP contribution < -0.4 is 9.80 Å². The molecule has 1 spiro atoms. The van der Waals surface area contributed by atoms with Crippen molar-refractivity contribution in [2.45, 2.75) is 32.1 Å². The molecule has 0 saturated carbocycles. The van der Waals surface area contributed by atoms with E-state index in [1.165, 1.54) is 0 Å². The molecule has 0 N–H and O–H groups in total. The van der Waals surface area contributed by atoms with Gasteiger partial charge in [0, 0.05) is 71.2 Å². The monoisotopic (exact) mass is 394 g/mol. The van der Waals surface area contributed by atoms with Gasteiger partial charge in [-0.2, -0.15) is 4.98 Å². The Balaban J connectivity index is 1.37. The molecule has 0 aliphatic carbocycles. The Morgan fingerprint density at radius 3 is 2.62 bits per heavy atom. The number of carbonyl (C=O) groups excluding carboxylic acids is 1. The van der Waals surface area contributed by atoms with Crippen LogP contribution in [0.25, 0.3) is 0 Å². The normalized spacial score (nSPS) is 18.9. The molecule has 2 saturated heterocycles. The van der Waals surface area contributed by atoms with Gasteiger partial charge in [0.1, 0.15) is 5.82 Å². The molecule has 0 bridgehead atoms. The van der Waals surface area contributed by atoms with E-state index in [2.05, 4.69) is 24.8 Å². The number of hydrogen-bond donors (Lipinski definition) is 0. The SMILES string of the molecule is CN(C)c1ccnc(N2CCC3(CCC(=O)N(CCc4ccccn4)C3)CC2)n1. The molecule has 2 fully saturated rings. The van der Waals surface area contributed by atoms with Gasteiger partial charge in [0.2, 0.25) is 11.9 Å². The standard InChI is InChI=1S/C22H30N6O/c1-26(2)19-7-13-24-21(25-19)27-15-10-22(11-16-27)9-6-20(29)28(17-22)14-8-18-5-3-4-12-23-18/h3-5,7,12-13H,6,8-11,14-17H2,1-2H3. The van der Waals surface area contributed by atoms with Gasteiger partial charge in [-0.05, 0) is 42.9 Å². The Morgan fingerprint density at radius 2 is 1.90 bits per heavy atom. The molecule has 0 radical (unpaired) electrons. The summed E-state index contributed by atoms with van der Waals surface area (Å²) < 4.78 is 0. The molecular formula is C22H30N6O. The van der Waals surface area contributed by atoms with E-state index < -0.39 is 0 Å².